The van der Waals surface area contributed by atoms with Crippen molar-refractivity contribution in [3.05, 3.63) is 29.6 Å². The molecule has 1 aliphatic rings. The van der Waals surface area contributed by atoms with E-state index in [-0.39, 0.29) is 0 Å². The highest BCUT2D eigenvalue weighted by atomic mass is 14.9. The third-order valence-corrected chi connectivity index (χ3v) is 2.90. The highest BCUT2D eigenvalue weighted by Gasteiger charge is 2.32. The Bertz CT molecular complexity index is 305. The Kier molecular flexibility index (Phi) is 2.82. The molecule has 1 atom stereocenters. The van der Waals surface area contributed by atoms with Crippen LogP contribution in [0.1, 0.15) is 37.1 Å². The topological polar surface area (TPSA) is 24.9 Å². The summed E-state index contributed by atoms with van der Waals surface area (Å²) in [6.07, 6.45) is 4.60. The summed E-state index contributed by atoms with van der Waals surface area (Å²) in [5, 5.41) is 3.56. The second-order valence-corrected chi connectivity index (χ2v) is 4.05. The van der Waals surface area contributed by atoms with Gasteiger partial charge in [0.15, 0.2) is 0 Å². The van der Waals surface area contributed by atoms with Crippen LogP contribution in [0.2, 0.25) is 0 Å². The van der Waals surface area contributed by atoms with Crippen LogP contribution in [0, 0.1) is 12.8 Å². The molecule has 2 heteroatoms. The van der Waals surface area contributed by atoms with E-state index in [9.17, 15) is 0 Å². The Morgan fingerprint density at radius 3 is 2.93 bits per heavy atom. The van der Waals surface area contributed by atoms with Gasteiger partial charge >= 0.3 is 0 Å². The van der Waals surface area contributed by atoms with E-state index in [0.29, 0.717) is 6.04 Å². The van der Waals surface area contributed by atoms with E-state index in [1.165, 1.54) is 24.1 Å². The maximum atomic E-state index is 4.35. The molecule has 76 valence electrons. The molecule has 1 aromatic rings. The van der Waals surface area contributed by atoms with Gasteiger partial charge in [-0.2, -0.15) is 0 Å². The maximum Gasteiger partial charge on any atom is 0.0420 e. The monoisotopic (exact) mass is 190 g/mol. The largest absolute Gasteiger partial charge is 0.310 e. The summed E-state index contributed by atoms with van der Waals surface area (Å²) >= 11 is 0. The number of aryl methyl sites for hydroxylation is 1. The Morgan fingerprint density at radius 1 is 1.57 bits per heavy atom. The molecular formula is C12H18N2. The minimum Gasteiger partial charge on any atom is -0.310 e. The summed E-state index contributed by atoms with van der Waals surface area (Å²) in [5.74, 6) is 0.845. The molecule has 2 rings (SSSR count). The van der Waals surface area contributed by atoms with Gasteiger partial charge in [0, 0.05) is 17.9 Å². The first-order valence-electron chi connectivity index (χ1n) is 5.47. The average Bonchev–Trinajstić information content (AvgIpc) is 2.99. The van der Waals surface area contributed by atoms with Gasteiger partial charge in [0.25, 0.3) is 0 Å². The predicted molar refractivity (Wildman–Crippen MR) is 58.1 cm³/mol. The molecule has 2 nitrogen and oxygen atoms in total. The molecule has 1 aliphatic carbocycles. The number of hydrogen-bond acceptors (Lipinski definition) is 2. The number of nitrogens with zero attached hydrogens (tertiary/aromatic N) is 1. The number of pyridine rings is 1. The molecule has 0 aromatic carbocycles. The molecule has 1 heterocycles. The third-order valence-electron chi connectivity index (χ3n) is 2.90. The van der Waals surface area contributed by atoms with E-state index in [1.807, 2.05) is 12.3 Å². The molecular weight excluding hydrogens is 172 g/mol. The van der Waals surface area contributed by atoms with Gasteiger partial charge in [0.2, 0.25) is 0 Å². The molecule has 0 amide bonds. The minimum atomic E-state index is 0.536. The van der Waals surface area contributed by atoms with Crippen LogP contribution in [-0.2, 0) is 0 Å². The fourth-order valence-electron chi connectivity index (χ4n) is 2.01. The van der Waals surface area contributed by atoms with Crippen LogP contribution in [-0.4, -0.2) is 11.5 Å². The normalized spacial score (nSPS) is 18.1. The summed E-state index contributed by atoms with van der Waals surface area (Å²) < 4.78 is 0. The summed E-state index contributed by atoms with van der Waals surface area (Å²) in [7, 11) is 0. The molecule has 1 saturated carbocycles. The van der Waals surface area contributed by atoms with Crippen LogP contribution >= 0.6 is 0 Å². The lowest BCUT2D eigenvalue weighted by Gasteiger charge is -2.18. The van der Waals surface area contributed by atoms with E-state index in [0.717, 1.165) is 12.5 Å². The molecule has 0 aliphatic heterocycles. The first-order chi connectivity index (χ1) is 6.83. The smallest absolute Gasteiger partial charge is 0.0420 e. The number of hydrogen-bond donors (Lipinski definition) is 1. The van der Waals surface area contributed by atoms with Crippen LogP contribution in [0.15, 0.2) is 18.3 Å². The van der Waals surface area contributed by atoms with E-state index in [2.05, 4.69) is 30.2 Å². The van der Waals surface area contributed by atoms with Crippen molar-refractivity contribution in [3.63, 3.8) is 0 Å². The van der Waals surface area contributed by atoms with Crippen molar-refractivity contribution in [3.8, 4) is 0 Å². The zero-order valence-electron chi connectivity index (χ0n) is 8.96. The number of rotatable bonds is 4. The second kappa shape index (κ2) is 4.09. The fourth-order valence-corrected chi connectivity index (χ4v) is 2.01. The lowest BCUT2D eigenvalue weighted by Crippen LogP contribution is -2.23. The van der Waals surface area contributed by atoms with E-state index >= 15 is 0 Å². The van der Waals surface area contributed by atoms with E-state index < -0.39 is 0 Å². The molecule has 1 unspecified atom stereocenters. The molecule has 0 saturated heterocycles. The van der Waals surface area contributed by atoms with Gasteiger partial charge in [-0.1, -0.05) is 13.0 Å². The van der Waals surface area contributed by atoms with Gasteiger partial charge < -0.3 is 5.32 Å². The quantitative estimate of drug-likeness (QED) is 0.789. The van der Waals surface area contributed by atoms with Crippen LogP contribution in [0.3, 0.4) is 0 Å². The van der Waals surface area contributed by atoms with Gasteiger partial charge in [0.05, 0.1) is 0 Å². The Balaban J connectivity index is 2.21. The fraction of sp³-hybridized carbons (Fsp3) is 0.583. The van der Waals surface area contributed by atoms with Crippen molar-refractivity contribution in [2.24, 2.45) is 5.92 Å². The standard InChI is InChI=1S/C12H18N2/c1-3-13-12(10-6-7-10)11-5-4-8-14-9(11)2/h4-5,8,10,12-13H,3,6-7H2,1-2H3. The molecule has 0 bridgehead atoms. The van der Waals surface area contributed by atoms with Crippen LogP contribution in [0.4, 0.5) is 0 Å². The number of nitrogens with one attached hydrogen (secondary N) is 1. The van der Waals surface area contributed by atoms with Crippen molar-refractivity contribution in [1.82, 2.24) is 10.3 Å². The minimum absolute atomic E-state index is 0.536. The second-order valence-electron chi connectivity index (χ2n) is 4.05. The van der Waals surface area contributed by atoms with E-state index in [1.54, 1.807) is 0 Å². The van der Waals surface area contributed by atoms with Gasteiger partial charge in [-0.15, -0.1) is 0 Å². The first kappa shape index (κ1) is 9.66. The van der Waals surface area contributed by atoms with Crippen molar-refractivity contribution >= 4 is 0 Å². The lowest BCUT2D eigenvalue weighted by atomic mass is 10.0. The van der Waals surface area contributed by atoms with Gasteiger partial charge in [0.1, 0.15) is 0 Å². The molecule has 0 radical (unpaired) electrons. The van der Waals surface area contributed by atoms with Crippen molar-refractivity contribution in [1.29, 1.82) is 0 Å². The Labute approximate surface area is 85.7 Å². The highest BCUT2D eigenvalue weighted by molar-refractivity contribution is 5.24. The third kappa shape index (κ3) is 1.95. The molecule has 0 spiro atoms. The SMILES string of the molecule is CCNC(c1cccnc1C)C1CC1. The molecule has 14 heavy (non-hydrogen) atoms. The molecule has 1 aromatic heterocycles. The average molecular weight is 190 g/mol. The van der Waals surface area contributed by atoms with Gasteiger partial charge in [-0.25, -0.2) is 0 Å². The first-order valence-corrected chi connectivity index (χ1v) is 5.47. The van der Waals surface area contributed by atoms with Crippen molar-refractivity contribution in [2.75, 3.05) is 6.54 Å². The summed E-state index contributed by atoms with van der Waals surface area (Å²) in [6, 6.07) is 4.77. The van der Waals surface area contributed by atoms with Crippen LogP contribution in [0.25, 0.3) is 0 Å². The van der Waals surface area contributed by atoms with Crippen LogP contribution in [0.5, 0.6) is 0 Å². The summed E-state index contributed by atoms with van der Waals surface area (Å²) in [6.45, 7) is 5.30. The number of aromatic nitrogens is 1. The van der Waals surface area contributed by atoms with Crippen molar-refractivity contribution in [2.45, 2.75) is 32.7 Å². The lowest BCUT2D eigenvalue weighted by molar-refractivity contribution is 0.492. The van der Waals surface area contributed by atoms with Gasteiger partial charge in [-0.3, -0.25) is 4.98 Å². The molecule has 1 N–H and O–H groups in total. The maximum absolute atomic E-state index is 4.35. The zero-order chi connectivity index (χ0) is 9.97. The molecule has 1 fully saturated rings. The summed E-state index contributed by atoms with van der Waals surface area (Å²) in [4.78, 5) is 4.35. The predicted octanol–water partition coefficient (Wildman–Crippen LogP) is 2.45. The van der Waals surface area contributed by atoms with Crippen LogP contribution < -0.4 is 5.32 Å². The zero-order valence-corrected chi connectivity index (χ0v) is 8.96. The van der Waals surface area contributed by atoms with Gasteiger partial charge in [-0.05, 0) is 43.9 Å². The Hall–Kier alpha value is -0.890. The summed E-state index contributed by atoms with van der Waals surface area (Å²) in [5.41, 5.74) is 2.56. The van der Waals surface area contributed by atoms with E-state index in [4.69, 9.17) is 0 Å². The highest BCUT2D eigenvalue weighted by Crippen LogP contribution is 2.41. The Morgan fingerprint density at radius 2 is 2.36 bits per heavy atom. The van der Waals surface area contributed by atoms with Crippen molar-refractivity contribution < 1.29 is 0 Å².